The van der Waals surface area contributed by atoms with Gasteiger partial charge in [-0.3, -0.25) is 4.57 Å². The van der Waals surface area contributed by atoms with Crippen LogP contribution in [0.25, 0.3) is 125 Å². The van der Waals surface area contributed by atoms with Crippen molar-refractivity contribution in [2.45, 2.75) is 0 Å². The average molecular weight is 666 g/mol. The minimum atomic E-state index is 0.811. The molecular formula is C46H23N3OS. The summed E-state index contributed by atoms with van der Waals surface area (Å²) in [5, 5.41) is 12.2. The highest BCUT2D eigenvalue weighted by Gasteiger charge is 2.27. The summed E-state index contributed by atoms with van der Waals surface area (Å²) in [4.78, 5) is 11.1. The van der Waals surface area contributed by atoms with Gasteiger partial charge in [-0.1, -0.05) is 91.0 Å². The molecule has 0 saturated heterocycles. The Morgan fingerprint density at radius 1 is 0.490 bits per heavy atom. The summed E-state index contributed by atoms with van der Waals surface area (Å²) in [6.07, 6.45) is 0. The highest BCUT2D eigenvalue weighted by atomic mass is 32.1. The van der Waals surface area contributed by atoms with Crippen LogP contribution in [-0.2, 0) is 0 Å². The zero-order valence-corrected chi connectivity index (χ0v) is 27.8. The first-order valence-corrected chi connectivity index (χ1v) is 18.1. The molecule has 0 spiro atoms. The smallest absolute Gasteiger partial charge is 0.165 e. The monoisotopic (exact) mass is 665 g/mol. The molecule has 4 nitrogen and oxygen atoms in total. The van der Waals surface area contributed by atoms with Crippen molar-refractivity contribution < 1.29 is 4.42 Å². The van der Waals surface area contributed by atoms with Crippen LogP contribution in [0.1, 0.15) is 0 Å². The van der Waals surface area contributed by atoms with Gasteiger partial charge in [-0.2, -0.15) is 0 Å². The van der Waals surface area contributed by atoms with Crippen LogP contribution >= 0.6 is 11.3 Å². The van der Waals surface area contributed by atoms with Crippen molar-refractivity contribution >= 4 is 108 Å². The SMILES string of the molecule is c1ccc2c(c1)ccc1nc(-c3ccc4c(c3)oc3ccccc34)c(-n3c4ccc5cccc6c5c4c4c5c(ccc43)sc3cccc-6c35)nc12. The summed E-state index contributed by atoms with van der Waals surface area (Å²) in [5.41, 5.74) is 10.1. The number of thiophene rings is 1. The van der Waals surface area contributed by atoms with Crippen LogP contribution in [0.3, 0.4) is 0 Å². The van der Waals surface area contributed by atoms with E-state index in [9.17, 15) is 0 Å². The van der Waals surface area contributed by atoms with Crippen LogP contribution in [0.15, 0.2) is 144 Å². The zero-order valence-electron chi connectivity index (χ0n) is 26.9. The van der Waals surface area contributed by atoms with Crippen molar-refractivity contribution in [2.24, 2.45) is 0 Å². The second-order valence-corrected chi connectivity index (χ2v) is 14.8. The highest BCUT2D eigenvalue weighted by Crippen LogP contribution is 2.52. The van der Waals surface area contributed by atoms with E-state index in [0.29, 0.717) is 0 Å². The summed E-state index contributed by atoms with van der Waals surface area (Å²) >= 11 is 1.88. The maximum absolute atomic E-state index is 6.41. The van der Waals surface area contributed by atoms with Gasteiger partial charge in [0.05, 0.1) is 22.1 Å². The Kier molecular flexibility index (Phi) is 4.73. The molecule has 0 amide bonds. The van der Waals surface area contributed by atoms with E-state index in [1.54, 1.807) is 0 Å². The normalized spacial score (nSPS) is 12.7. The summed E-state index contributed by atoms with van der Waals surface area (Å²) in [5.74, 6) is 0.811. The van der Waals surface area contributed by atoms with Crippen LogP contribution in [0, 0.1) is 0 Å². The van der Waals surface area contributed by atoms with Gasteiger partial charge in [0.2, 0.25) is 0 Å². The van der Waals surface area contributed by atoms with Crippen LogP contribution in [-0.4, -0.2) is 14.5 Å². The molecule has 8 aromatic carbocycles. The first-order chi connectivity index (χ1) is 25.3. The number of nitrogens with zero attached hydrogens (tertiary/aromatic N) is 3. The summed E-state index contributed by atoms with van der Waals surface area (Å²) < 4.78 is 11.4. The van der Waals surface area contributed by atoms with Gasteiger partial charge in [0.15, 0.2) is 5.82 Å². The Bertz CT molecular complexity index is 3550. The lowest BCUT2D eigenvalue weighted by Gasteiger charge is -2.15. The molecule has 0 fully saturated rings. The third-order valence-electron chi connectivity index (χ3n) is 11.1. The fourth-order valence-corrected chi connectivity index (χ4v) is 10.1. The van der Waals surface area contributed by atoms with Crippen LogP contribution < -0.4 is 0 Å². The zero-order chi connectivity index (χ0) is 32.9. The van der Waals surface area contributed by atoms with E-state index in [4.69, 9.17) is 14.4 Å². The third-order valence-corrected chi connectivity index (χ3v) is 12.2. The van der Waals surface area contributed by atoms with E-state index in [0.717, 1.165) is 71.9 Å². The van der Waals surface area contributed by atoms with Crippen molar-refractivity contribution in [1.82, 2.24) is 14.5 Å². The van der Waals surface area contributed by atoms with E-state index in [1.807, 2.05) is 23.5 Å². The first kappa shape index (κ1) is 26.3. The van der Waals surface area contributed by atoms with E-state index in [2.05, 4.69) is 132 Å². The maximum Gasteiger partial charge on any atom is 0.165 e. The number of furan rings is 1. The molecule has 0 aliphatic heterocycles. The lowest BCUT2D eigenvalue weighted by molar-refractivity contribution is 0.669. The average Bonchev–Trinajstić information content (AvgIpc) is 3.83. The van der Waals surface area contributed by atoms with E-state index in [1.165, 1.54) is 52.8 Å². The van der Waals surface area contributed by atoms with Gasteiger partial charge in [0, 0.05) is 52.7 Å². The van der Waals surface area contributed by atoms with Crippen molar-refractivity contribution in [2.75, 3.05) is 0 Å². The number of benzene rings is 8. The molecule has 51 heavy (non-hydrogen) atoms. The minimum Gasteiger partial charge on any atom is -0.456 e. The molecule has 13 rings (SSSR count). The lowest BCUT2D eigenvalue weighted by atomic mass is 9.95. The van der Waals surface area contributed by atoms with Gasteiger partial charge in [-0.25, -0.2) is 9.97 Å². The number of fused-ring (bicyclic) bond motifs is 7. The first-order valence-electron chi connectivity index (χ1n) is 17.2. The summed E-state index contributed by atoms with van der Waals surface area (Å²) in [6, 6.07) is 50.1. The molecule has 0 saturated carbocycles. The predicted molar refractivity (Wildman–Crippen MR) is 213 cm³/mol. The predicted octanol–water partition coefficient (Wildman–Crippen LogP) is 12.9. The molecule has 4 aromatic heterocycles. The van der Waals surface area contributed by atoms with Crippen molar-refractivity contribution in [3.63, 3.8) is 0 Å². The number of aromatic nitrogens is 3. The van der Waals surface area contributed by atoms with Gasteiger partial charge in [-0.05, 0) is 75.8 Å². The van der Waals surface area contributed by atoms with E-state index >= 15 is 0 Å². The molecule has 0 bridgehead atoms. The molecule has 12 aromatic rings. The summed E-state index contributed by atoms with van der Waals surface area (Å²) in [6.45, 7) is 0. The van der Waals surface area contributed by atoms with Gasteiger partial charge < -0.3 is 4.42 Å². The summed E-state index contributed by atoms with van der Waals surface area (Å²) in [7, 11) is 0. The molecule has 0 radical (unpaired) electrons. The standard InChI is InChI=1S/C46H23N3OS/c1-2-9-27-24(7-1)16-19-32-45(27)48-46(44(47-32)26-15-18-29-28-10-3-4-13-35(28)50-36(29)23-26)49-33-20-17-25-8-5-11-30-31-12-6-14-37-40(31)43-38(51-37)22-21-34(49)42(43)41(33)39(25)30/h1-23H. The lowest BCUT2D eigenvalue weighted by Crippen LogP contribution is -2.04. The quantitative estimate of drug-likeness (QED) is 0.173. The molecule has 0 atom stereocenters. The number of rotatable bonds is 2. The highest BCUT2D eigenvalue weighted by molar-refractivity contribution is 7.26. The Morgan fingerprint density at radius 2 is 1.22 bits per heavy atom. The molecule has 1 aliphatic rings. The van der Waals surface area contributed by atoms with Crippen molar-refractivity contribution in [1.29, 1.82) is 0 Å². The Hall–Kier alpha value is -6.56. The van der Waals surface area contributed by atoms with Crippen LogP contribution in [0.5, 0.6) is 0 Å². The number of para-hydroxylation sites is 1. The second-order valence-electron chi connectivity index (χ2n) is 13.7. The van der Waals surface area contributed by atoms with E-state index in [-0.39, 0.29) is 0 Å². The van der Waals surface area contributed by atoms with Crippen LogP contribution in [0.4, 0.5) is 0 Å². The molecule has 4 heterocycles. The maximum atomic E-state index is 6.41. The fraction of sp³-hybridized carbons (Fsp3) is 0. The van der Waals surface area contributed by atoms with Gasteiger partial charge in [-0.15, -0.1) is 11.3 Å². The number of hydrogen-bond acceptors (Lipinski definition) is 4. The van der Waals surface area contributed by atoms with Crippen molar-refractivity contribution in [3.05, 3.63) is 140 Å². The van der Waals surface area contributed by atoms with Gasteiger partial charge in [0.1, 0.15) is 16.9 Å². The Balaban J connectivity index is 1.24. The molecule has 5 heteroatoms. The van der Waals surface area contributed by atoms with Gasteiger partial charge >= 0.3 is 0 Å². The molecule has 1 aliphatic carbocycles. The fourth-order valence-electron chi connectivity index (χ4n) is 8.96. The molecule has 0 N–H and O–H groups in total. The van der Waals surface area contributed by atoms with Crippen molar-refractivity contribution in [3.8, 4) is 28.2 Å². The third kappa shape index (κ3) is 3.25. The number of hydrogen-bond donors (Lipinski definition) is 0. The topological polar surface area (TPSA) is 43.9 Å². The Labute approximate surface area is 293 Å². The minimum absolute atomic E-state index is 0.811. The molecule has 234 valence electrons. The Morgan fingerprint density at radius 3 is 2.16 bits per heavy atom. The second kappa shape index (κ2) is 9.16. The molecular weight excluding hydrogens is 643 g/mol. The largest absolute Gasteiger partial charge is 0.456 e. The van der Waals surface area contributed by atoms with Gasteiger partial charge in [0.25, 0.3) is 0 Å². The molecule has 0 unspecified atom stereocenters. The van der Waals surface area contributed by atoms with E-state index < -0.39 is 0 Å². The van der Waals surface area contributed by atoms with Crippen LogP contribution in [0.2, 0.25) is 0 Å².